The van der Waals surface area contributed by atoms with Gasteiger partial charge in [0.2, 0.25) is 0 Å². The minimum absolute atomic E-state index is 0.360. The summed E-state index contributed by atoms with van der Waals surface area (Å²) in [5, 5.41) is 2.79. The normalized spacial score (nSPS) is 20.0. The summed E-state index contributed by atoms with van der Waals surface area (Å²) >= 11 is 0. The lowest BCUT2D eigenvalue weighted by atomic mass is 9.71. The molecule has 43 heavy (non-hydrogen) atoms. The molecule has 1 aliphatic carbocycles. The van der Waals surface area contributed by atoms with Crippen molar-refractivity contribution < 1.29 is 0 Å². The first kappa shape index (κ1) is 28.4. The molecule has 0 radical (unpaired) electrons. The first-order chi connectivity index (χ1) is 21.2. The molecule has 1 aromatic heterocycles. The molecule has 7 rings (SSSR count). The van der Waals surface area contributed by atoms with Crippen LogP contribution in [-0.2, 0) is 25.9 Å². The maximum absolute atomic E-state index is 2.84. The van der Waals surface area contributed by atoms with Gasteiger partial charge in [-0.25, -0.2) is 0 Å². The van der Waals surface area contributed by atoms with Crippen molar-refractivity contribution in [1.82, 2.24) is 14.4 Å². The van der Waals surface area contributed by atoms with Gasteiger partial charge in [-0.2, -0.15) is 0 Å². The van der Waals surface area contributed by atoms with E-state index < -0.39 is 0 Å². The summed E-state index contributed by atoms with van der Waals surface area (Å²) in [5.74, 6) is 0. The average molecular weight is 570 g/mol. The maximum atomic E-state index is 2.84. The zero-order valence-corrected chi connectivity index (χ0v) is 25.9. The minimum atomic E-state index is 0.360. The highest BCUT2D eigenvalue weighted by molar-refractivity contribution is 6.08. The zero-order valence-electron chi connectivity index (χ0n) is 25.9. The summed E-state index contributed by atoms with van der Waals surface area (Å²) in [6.07, 6.45) is 9.09. The van der Waals surface area contributed by atoms with E-state index in [1.54, 1.807) is 0 Å². The Morgan fingerprint density at radius 2 is 1.28 bits per heavy atom. The summed E-state index contributed by atoms with van der Waals surface area (Å²) in [7, 11) is 0. The molecular weight excluding hydrogens is 522 g/mol. The van der Waals surface area contributed by atoms with E-state index >= 15 is 0 Å². The molecular formula is C40H47N3. The Morgan fingerprint density at radius 3 is 1.98 bits per heavy atom. The second-order valence-corrected chi connectivity index (χ2v) is 13.3. The van der Waals surface area contributed by atoms with E-state index in [-0.39, 0.29) is 0 Å². The lowest BCUT2D eigenvalue weighted by molar-refractivity contribution is 0.0831. The number of para-hydroxylation sites is 1. The van der Waals surface area contributed by atoms with Crippen molar-refractivity contribution in [3.63, 3.8) is 0 Å². The van der Waals surface area contributed by atoms with E-state index in [4.69, 9.17) is 0 Å². The van der Waals surface area contributed by atoms with Crippen LogP contribution in [0.3, 0.4) is 0 Å². The molecule has 1 unspecified atom stereocenters. The average Bonchev–Trinajstić information content (AvgIpc) is 3.22. The lowest BCUT2D eigenvalue weighted by Crippen LogP contribution is -2.49. The Morgan fingerprint density at radius 1 is 0.628 bits per heavy atom. The highest BCUT2D eigenvalue weighted by Crippen LogP contribution is 2.42. The Balaban J connectivity index is 0.999. The van der Waals surface area contributed by atoms with Crippen LogP contribution < -0.4 is 0 Å². The Labute approximate surface area is 258 Å². The van der Waals surface area contributed by atoms with Crippen LogP contribution in [0, 0.1) is 5.41 Å². The molecule has 2 aliphatic rings. The molecule has 0 bridgehead atoms. The fourth-order valence-electron chi connectivity index (χ4n) is 8.38. The third-order valence-electron chi connectivity index (χ3n) is 10.6. The predicted molar refractivity (Wildman–Crippen MR) is 182 cm³/mol. The standard InChI is InChI=1S/C40H47N3/c1-2-43-38-18-10-9-17-36(38)37-28-34(19-20-39(37)43)31-41-24-26-42(27-25-41)35-16-11-22-40(23-21-35,29-32-12-5-3-6-13-32)30-33-14-7-4-8-15-33/h3-10,12-15,17-20,28,35H,2,11,16,21-27,29-31H2,1H3. The lowest BCUT2D eigenvalue weighted by Gasteiger charge is -2.39. The van der Waals surface area contributed by atoms with Crippen LogP contribution in [0.15, 0.2) is 103 Å². The smallest absolute Gasteiger partial charge is 0.0491 e. The van der Waals surface area contributed by atoms with Crippen LogP contribution in [0.1, 0.15) is 55.7 Å². The summed E-state index contributed by atoms with van der Waals surface area (Å²) in [6, 6.07) is 39.3. The van der Waals surface area contributed by atoms with Crippen molar-refractivity contribution in [3.8, 4) is 0 Å². The van der Waals surface area contributed by atoms with Gasteiger partial charge in [0.15, 0.2) is 0 Å². The van der Waals surface area contributed by atoms with Gasteiger partial charge in [0.25, 0.3) is 0 Å². The molecule has 0 spiro atoms. The maximum Gasteiger partial charge on any atom is 0.0491 e. The second-order valence-electron chi connectivity index (χ2n) is 13.3. The monoisotopic (exact) mass is 569 g/mol. The van der Waals surface area contributed by atoms with E-state index in [1.807, 2.05) is 0 Å². The van der Waals surface area contributed by atoms with Crippen molar-refractivity contribution in [2.75, 3.05) is 26.2 Å². The van der Waals surface area contributed by atoms with Gasteiger partial charge in [0.1, 0.15) is 0 Å². The van der Waals surface area contributed by atoms with E-state index in [0.29, 0.717) is 5.41 Å². The first-order valence-electron chi connectivity index (χ1n) is 16.7. The first-order valence-corrected chi connectivity index (χ1v) is 16.7. The molecule has 1 atom stereocenters. The van der Waals surface area contributed by atoms with Crippen LogP contribution in [-0.4, -0.2) is 46.6 Å². The molecule has 1 saturated heterocycles. The summed E-state index contributed by atoms with van der Waals surface area (Å²) in [6.45, 7) is 9.05. The molecule has 1 saturated carbocycles. The number of aromatic nitrogens is 1. The van der Waals surface area contributed by atoms with Crippen LogP contribution in [0.25, 0.3) is 21.8 Å². The van der Waals surface area contributed by atoms with E-state index in [1.165, 1.54) is 110 Å². The third kappa shape index (κ3) is 6.16. The number of nitrogens with zero attached hydrogens (tertiary/aromatic N) is 3. The topological polar surface area (TPSA) is 11.4 Å². The molecule has 222 valence electrons. The summed E-state index contributed by atoms with van der Waals surface area (Å²) in [5.41, 5.74) is 7.53. The number of hydrogen-bond donors (Lipinski definition) is 0. The van der Waals surface area contributed by atoms with Crippen molar-refractivity contribution in [3.05, 3.63) is 120 Å². The number of fused-ring (bicyclic) bond motifs is 3. The predicted octanol–water partition coefficient (Wildman–Crippen LogP) is 8.74. The van der Waals surface area contributed by atoms with Crippen LogP contribution in [0.4, 0.5) is 0 Å². The molecule has 0 amide bonds. The van der Waals surface area contributed by atoms with Gasteiger partial charge in [-0.15, -0.1) is 0 Å². The van der Waals surface area contributed by atoms with Gasteiger partial charge in [0.05, 0.1) is 0 Å². The number of aryl methyl sites for hydroxylation is 1. The highest BCUT2D eigenvalue weighted by atomic mass is 15.3. The molecule has 4 aromatic carbocycles. The molecule has 1 aliphatic heterocycles. The zero-order chi connectivity index (χ0) is 29.1. The minimum Gasteiger partial charge on any atom is -0.341 e. The van der Waals surface area contributed by atoms with E-state index in [9.17, 15) is 0 Å². The van der Waals surface area contributed by atoms with Gasteiger partial charge < -0.3 is 4.57 Å². The molecule has 3 nitrogen and oxygen atoms in total. The molecule has 0 N–H and O–H groups in total. The molecule has 3 heteroatoms. The van der Waals surface area contributed by atoms with Crippen LogP contribution in [0.2, 0.25) is 0 Å². The van der Waals surface area contributed by atoms with Crippen molar-refractivity contribution in [1.29, 1.82) is 0 Å². The number of benzene rings is 4. The fourth-order valence-corrected chi connectivity index (χ4v) is 8.38. The second kappa shape index (κ2) is 12.7. The molecule has 2 heterocycles. The van der Waals surface area contributed by atoms with Crippen molar-refractivity contribution in [2.24, 2.45) is 5.41 Å². The van der Waals surface area contributed by atoms with Gasteiger partial charge >= 0.3 is 0 Å². The molecule has 5 aromatic rings. The van der Waals surface area contributed by atoms with Crippen LogP contribution >= 0.6 is 0 Å². The quantitative estimate of drug-likeness (QED) is 0.173. The van der Waals surface area contributed by atoms with Crippen LogP contribution in [0.5, 0.6) is 0 Å². The number of rotatable bonds is 8. The van der Waals surface area contributed by atoms with Gasteiger partial charge in [-0.05, 0) is 85.8 Å². The Bertz CT molecular complexity index is 1590. The van der Waals surface area contributed by atoms with Gasteiger partial charge in [0, 0.05) is 67.1 Å². The van der Waals surface area contributed by atoms with Gasteiger partial charge in [-0.1, -0.05) is 91.3 Å². The van der Waals surface area contributed by atoms with Crippen molar-refractivity contribution in [2.45, 2.75) is 71.0 Å². The Hall–Kier alpha value is -3.40. The highest BCUT2D eigenvalue weighted by Gasteiger charge is 2.35. The van der Waals surface area contributed by atoms with Gasteiger partial charge in [-0.3, -0.25) is 9.80 Å². The van der Waals surface area contributed by atoms with Crippen molar-refractivity contribution >= 4 is 21.8 Å². The van der Waals surface area contributed by atoms with E-state index in [0.717, 1.165) is 19.1 Å². The third-order valence-corrected chi connectivity index (χ3v) is 10.6. The fraction of sp³-hybridized carbons (Fsp3) is 0.400. The van der Waals surface area contributed by atoms with E-state index in [2.05, 4.69) is 124 Å². The Kier molecular flexibility index (Phi) is 8.37. The summed E-state index contributed by atoms with van der Waals surface area (Å²) in [4.78, 5) is 5.53. The number of piperazine rings is 1. The SMILES string of the molecule is CCn1c2ccccc2c2cc(CN3CCN(C4CCCC(Cc5ccccc5)(Cc5ccccc5)CC4)CC3)ccc21. The largest absolute Gasteiger partial charge is 0.341 e. The number of hydrogen-bond acceptors (Lipinski definition) is 2. The molecule has 2 fully saturated rings. The summed E-state index contributed by atoms with van der Waals surface area (Å²) < 4.78 is 2.45.